The third-order valence-corrected chi connectivity index (χ3v) is 4.42. The van der Waals surface area contributed by atoms with Crippen LogP contribution in [0.2, 0.25) is 0 Å². The van der Waals surface area contributed by atoms with Gasteiger partial charge in [0.05, 0.1) is 20.3 Å². The minimum Gasteiger partial charge on any atom is -0.493 e. The molecule has 2 aromatic carbocycles. The summed E-state index contributed by atoms with van der Waals surface area (Å²) in [4.78, 5) is 0. The summed E-state index contributed by atoms with van der Waals surface area (Å²) in [7, 11) is 3.37. The van der Waals surface area contributed by atoms with Crippen LogP contribution in [0.4, 0.5) is 0 Å². The number of rotatable bonds is 4. The Morgan fingerprint density at radius 3 is 2.36 bits per heavy atom. The maximum absolute atomic E-state index is 5.47. The minimum atomic E-state index is 0.217. The maximum atomic E-state index is 5.47. The van der Waals surface area contributed by atoms with Crippen molar-refractivity contribution in [3.8, 4) is 11.5 Å². The van der Waals surface area contributed by atoms with E-state index in [9.17, 15) is 0 Å². The summed E-state index contributed by atoms with van der Waals surface area (Å²) in [5.74, 6) is 1.60. The predicted molar refractivity (Wildman–Crippen MR) is 88.9 cm³/mol. The number of ether oxygens (including phenoxy) is 2. The molecule has 1 unspecified atom stereocenters. The molecule has 3 nitrogen and oxygen atoms in total. The summed E-state index contributed by atoms with van der Waals surface area (Å²) in [6.45, 7) is 3.16. The van der Waals surface area contributed by atoms with E-state index >= 15 is 0 Å². The lowest BCUT2D eigenvalue weighted by Gasteiger charge is -2.28. The van der Waals surface area contributed by atoms with Crippen LogP contribution < -0.4 is 14.8 Å². The van der Waals surface area contributed by atoms with Gasteiger partial charge in [-0.05, 0) is 47.2 Å². The highest BCUT2D eigenvalue weighted by molar-refractivity contribution is 5.51. The van der Waals surface area contributed by atoms with E-state index in [1.54, 1.807) is 14.2 Å². The van der Waals surface area contributed by atoms with Gasteiger partial charge < -0.3 is 14.8 Å². The molecule has 3 rings (SSSR count). The molecule has 3 heteroatoms. The fraction of sp³-hybridized carbons (Fsp3) is 0.368. The van der Waals surface area contributed by atoms with Crippen LogP contribution in [0, 0.1) is 0 Å². The van der Waals surface area contributed by atoms with Crippen molar-refractivity contribution in [1.82, 2.24) is 5.32 Å². The molecule has 0 radical (unpaired) electrons. The standard InChI is InChI=1S/C19H23NO2/c1-4-13-5-7-14(8-6-13)19-16-12-18(22-3)17(21-2)11-15(16)9-10-20-19/h5-8,11-12,19-20H,4,9-10H2,1-3H3. The second-order valence-corrected chi connectivity index (χ2v) is 5.64. The van der Waals surface area contributed by atoms with Gasteiger partial charge in [0.1, 0.15) is 0 Å². The highest BCUT2D eigenvalue weighted by Gasteiger charge is 2.23. The van der Waals surface area contributed by atoms with Gasteiger partial charge in [-0.15, -0.1) is 0 Å². The molecule has 0 bridgehead atoms. The maximum Gasteiger partial charge on any atom is 0.161 e. The van der Waals surface area contributed by atoms with Crippen molar-refractivity contribution in [1.29, 1.82) is 0 Å². The minimum absolute atomic E-state index is 0.217. The molecule has 116 valence electrons. The molecule has 2 aromatic rings. The molecular formula is C19H23NO2. The first-order valence-electron chi connectivity index (χ1n) is 7.83. The lowest BCUT2D eigenvalue weighted by atomic mass is 9.89. The highest BCUT2D eigenvalue weighted by Crippen LogP contribution is 2.37. The van der Waals surface area contributed by atoms with Gasteiger partial charge in [0, 0.05) is 6.54 Å². The summed E-state index contributed by atoms with van der Waals surface area (Å²) in [6, 6.07) is 13.3. The van der Waals surface area contributed by atoms with Crippen LogP contribution in [0.25, 0.3) is 0 Å². The van der Waals surface area contributed by atoms with Crippen molar-refractivity contribution in [2.24, 2.45) is 0 Å². The van der Waals surface area contributed by atoms with Crippen molar-refractivity contribution < 1.29 is 9.47 Å². The molecule has 0 fully saturated rings. The van der Waals surface area contributed by atoms with Crippen LogP contribution in [0.15, 0.2) is 36.4 Å². The highest BCUT2D eigenvalue weighted by atomic mass is 16.5. The van der Waals surface area contributed by atoms with Gasteiger partial charge >= 0.3 is 0 Å². The summed E-state index contributed by atoms with van der Waals surface area (Å²) in [5, 5.41) is 3.62. The van der Waals surface area contributed by atoms with E-state index in [0.29, 0.717) is 0 Å². The van der Waals surface area contributed by atoms with Crippen LogP contribution in [-0.2, 0) is 12.8 Å². The van der Waals surface area contributed by atoms with E-state index in [-0.39, 0.29) is 6.04 Å². The molecule has 1 heterocycles. The van der Waals surface area contributed by atoms with E-state index < -0.39 is 0 Å². The summed E-state index contributed by atoms with van der Waals surface area (Å²) in [5.41, 5.74) is 5.28. The lowest BCUT2D eigenvalue weighted by Crippen LogP contribution is -2.30. The SMILES string of the molecule is CCc1ccc(C2NCCc3cc(OC)c(OC)cc32)cc1. The fourth-order valence-electron chi connectivity index (χ4n) is 3.13. The average Bonchev–Trinajstić information content (AvgIpc) is 2.60. The number of fused-ring (bicyclic) bond motifs is 1. The van der Waals surface area contributed by atoms with Crippen LogP contribution in [0.3, 0.4) is 0 Å². The quantitative estimate of drug-likeness (QED) is 0.937. The Morgan fingerprint density at radius 2 is 1.73 bits per heavy atom. The van der Waals surface area contributed by atoms with E-state index in [2.05, 4.69) is 48.6 Å². The number of hydrogen-bond donors (Lipinski definition) is 1. The smallest absolute Gasteiger partial charge is 0.161 e. The third-order valence-electron chi connectivity index (χ3n) is 4.42. The predicted octanol–water partition coefficient (Wildman–Crippen LogP) is 3.50. The number of hydrogen-bond acceptors (Lipinski definition) is 3. The Bertz CT molecular complexity index is 649. The monoisotopic (exact) mass is 297 g/mol. The Hall–Kier alpha value is -2.00. The Balaban J connectivity index is 2.02. The van der Waals surface area contributed by atoms with E-state index in [4.69, 9.17) is 9.47 Å². The summed E-state index contributed by atoms with van der Waals surface area (Å²) in [6.07, 6.45) is 2.08. The molecule has 1 aliphatic rings. The molecule has 0 amide bonds. The zero-order valence-corrected chi connectivity index (χ0v) is 13.5. The zero-order valence-electron chi connectivity index (χ0n) is 13.5. The molecule has 0 saturated carbocycles. The van der Waals surface area contributed by atoms with Gasteiger partial charge in [-0.1, -0.05) is 31.2 Å². The van der Waals surface area contributed by atoms with Gasteiger partial charge in [0.15, 0.2) is 11.5 Å². The molecule has 0 aromatic heterocycles. The molecular weight excluding hydrogens is 274 g/mol. The normalized spacial score (nSPS) is 17.0. The Kier molecular flexibility index (Phi) is 4.34. The molecule has 0 aliphatic carbocycles. The van der Waals surface area contributed by atoms with Gasteiger partial charge in [-0.2, -0.15) is 0 Å². The molecule has 1 N–H and O–H groups in total. The number of nitrogens with one attached hydrogen (secondary N) is 1. The first-order valence-corrected chi connectivity index (χ1v) is 7.83. The van der Waals surface area contributed by atoms with Crippen molar-refractivity contribution in [2.75, 3.05) is 20.8 Å². The van der Waals surface area contributed by atoms with Crippen LogP contribution in [0.5, 0.6) is 11.5 Å². The summed E-state index contributed by atoms with van der Waals surface area (Å²) < 4.78 is 10.9. The summed E-state index contributed by atoms with van der Waals surface area (Å²) >= 11 is 0. The van der Waals surface area contributed by atoms with Crippen molar-refractivity contribution >= 4 is 0 Å². The van der Waals surface area contributed by atoms with Crippen molar-refractivity contribution in [2.45, 2.75) is 25.8 Å². The lowest BCUT2D eigenvalue weighted by molar-refractivity contribution is 0.353. The van der Waals surface area contributed by atoms with E-state index in [1.807, 2.05) is 0 Å². The number of aryl methyl sites for hydroxylation is 1. The van der Waals surface area contributed by atoms with Crippen molar-refractivity contribution in [3.05, 3.63) is 58.7 Å². The number of methoxy groups -OCH3 is 2. The molecule has 0 spiro atoms. The van der Waals surface area contributed by atoms with E-state index in [1.165, 1.54) is 22.3 Å². The Morgan fingerprint density at radius 1 is 1.05 bits per heavy atom. The third kappa shape index (κ3) is 2.69. The molecule has 1 aliphatic heterocycles. The topological polar surface area (TPSA) is 30.5 Å². The van der Waals surface area contributed by atoms with Crippen molar-refractivity contribution in [3.63, 3.8) is 0 Å². The molecule has 1 atom stereocenters. The van der Waals surface area contributed by atoms with Crippen LogP contribution in [0.1, 0.15) is 35.2 Å². The second kappa shape index (κ2) is 6.41. The number of benzene rings is 2. The fourth-order valence-corrected chi connectivity index (χ4v) is 3.13. The largest absolute Gasteiger partial charge is 0.493 e. The Labute approximate surface area is 132 Å². The zero-order chi connectivity index (χ0) is 15.5. The van der Waals surface area contributed by atoms with Gasteiger partial charge in [0.2, 0.25) is 0 Å². The first-order chi connectivity index (χ1) is 10.8. The van der Waals surface area contributed by atoms with E-state index in [0.717, 1.165) is 30.9 Å². The molecule has 22 heavy (non-hydrogen) atoms. The average molecular weight is 297 g/mol. The second-order valence-electron chi connectivity index (χ2n) is 5.64. The van der Waals surface area contributed by atoms with Crippen LogP contribution >= 0.6 is 0 Å². The first kappa shape index (κ1) is 14.9. The van der Waals surface area contributed by atoms with Gasteiger partial charge in [-0.25, -0.2) is 0 Å². The van der Waals surface area contributed by atoms with Gasteiger partial charge in [0.25, 0.3) is 0 Å². The van der Waals surface area contributed by atoms with Crippen LogP contribution in [-0.4, -0.2) is 20.8 Å². The molecule has 0 saturated heterocycles. The van der Waals surface area contributed by atoms with Gasteiger partial charge in [-0.3, -0.25) is 0 Å².